The van der Waals surface area contributed by atoms with Crippen LogP contribution in [-0.2, 0) is 9.59 Å². The Morgan fingerprint density at radius 2 is 1.56 bits per heavy atom. The van der Waals surface area contributed by atoms with Crippen molar-refractivity contribution in [2.75, 3.05) is 24.9 Å². The van der Waals surface area contributed by atoms with Crippen molar-refractivity contribution >= 4 is 69.3 Å². The fraction of sp³-hybridized carbons (Fsp3) is 0.0732. The minimum atomic E-state index is -0.716. The summed E-state index contributed by atoms with van der Waals surface area (Å²) < 4.78 is 25.6. The number of methoxy groups -OCH3 is 2. The molecule has 0 aliphatic rings. The number of anilines is 2. The fourth-order valence-corrected chi connectivity index (χ4v) is 7.27. The Balaban J connectivity index is 1.22. The van der Waals surface area contributed by atoms with Crippen molar-refractivity contribution < 1.29 is 28.2 Å². The molecule has 0 radical (unpaired) electrons. The van der Waals surface area contributed by atoms with E-state index in [2.05, 4.69) is 20.9 Å². The van der Waals surface area contributed by atoms with Crippen LogP contribution in [0.4, 0.5) is 15.2 Å². The van der Waals surface area contributed by atoms with E-state index in [9.17, 15) is 18.8 Å². The number of halogens is 2. The molecule has 0 spiro atoms. The van der Waals surface area contributed by atoms with Crippen LogP contribution in [0, 0.1) is 5.82 Å². The first-order valence-electron chi connectivity index (χ1n) is 16.4. The molecule has 272 valence electrons. The van der Waals surface area contributed by atoms with E-state index in [1.807, 2.05) is 53.9 Å². The lowest BCUT2D eigenvalue weighted by atomic mass is 10.1. The minimum Gasteiger partial charge on any atom is -0.493 e. The van der Waals surface area contributed by atoms with Gasteiger partial charge in [0.1, 0.15) is 16.8 Å². The van der Waals surface area contributed by atoms with Gasteiger partial charge in [-0.25, -0.2) is 9.37 Å². The Hall–Kier alpha value is -5.95. The summed E-state index contributed by atoms with van der Waals surface area (Å²) in [6.45, 7) is 0. The lowest BCUT2D eigenvalue weighted by Gasteiger charge is -2.17. The lowest BCUT2D eigenvalue weighted by molar-refractivity contribution is -0.116. The van der Waals surface area contributed by atoms with Gasteiger partial charge in [-0.2, -0.15) is 0 Å². The van der Waals surface area contributed by atoms with Crippen molar-refractivity contribution in [1.82, 2.24) is 10.3 Å². The SMILES string of the molecule is COc1ccc(-c2csc(NC(=O)C(Sc3cccc(NC(=O)/C(=C\c4c(F)cccc4Cl)NC(=O)c4ccccc4)c3)c3ccccc3)n2)cc1OC. The Labute approximate surface area is 324 Å². The summed E-state index contributed by atoms with van der Waals surface area (Å²) in [5, 5.41) is 9.97. The molecule has 0 saturated carbocycles. The van der Waals surface area contributed by atoms with Crippen molar-refractivity contribution in [3.63, 3.8) is 0 Å². The second-order valence-electron chi connectivity index (χ2n) is 11.5. The van der Waals surface area contributed by atoms with Gasteiger partial charge in [0.05, 0.1) is 24.9 Å². The fourth-order valence-electron chi connectivity index (χ4n) is 5.25. The molecule has 1 unspecified atom stereocenters. The van der Waals surface area contributed by atoms with Gasteiger partial charge in [-0.05, 0) is 72.3 Å². The van der Waals surface area contributed by atoms with E-state index in [1.165, 1.54) is 47.4 Å². The summed E-state index contributed by atoms with van der Waals surface area (Å²) in [6, 6.07) is 34.1. The number of aromatic nitrogens is 1. The van der Waals surface area contributed by atoms with Gasteiger partial charge in [0.25, 0.3) is 11.8 Å². The second-order valence-corrected chi connectivity index (χ2v) is 13.9. The Kier molecular flexibility index (Phi) is 12.4. The molecular formula is C41H32ClFN4O5S2. The maximum atomic E-state index is 14.8. The summed E-state index contributed by atoms with van der Waals surface area (Å²) in [7, 11) is 3.13. The molecule has 0 aliphatic heterocycles. The number of carbonyl (C=O) groups is 3. The summed E-state index contributed by atoms with van der Waals surface area (Å²) in [4.78, 5) is 46.0. The van der Waals surface area contributed by atoms with E-state index >= 15 is 0 Å². The van der Waals surface area contributed by atoms with Crippen molar-refractivity contribution in [2.45, 2.75) is 10.1 Å². The molecule has 5 aromatic carbocycles. The van der Waals surface area contributed by atoms with Crippen molar-refractivity contribution in [3.8, 4) is 22.8 Å². The molecule has 0 fully saturated rings. The molecule has 0 aliphatic carbocycles. The van der Waals surface area contributed by atoms with Gasteiger partial charge >= 0.3 is 0 Å². The van der Waals surface area contributed by atoms with Gasteiger partial charge < -0.3 is 25.4 Å². The number of amides is 3. The number of carbonyl (C=O) groups excluding carboxylic acids is 3. The highest BCUT2D eigenvalue weighted by atomic mass is 35.5. The van der Waals surface area contributed by atoms with Crippen LogP contribution in [-0.4, -0.2) is 36.9 Å². The van der Waals surface area contributed by atoms with E-state index in [4.69, 9.17) is 21.1 Å². The zero-order valence-corrected chi connectivity index (χ0v) is 31.2. The molecule has 1 atom stereocenters. The number of hydrogen-bond acceptors (Lipinski definition) is 8. The van der Waals surface area contributed by atoms with Crippen molar-refractivity contribution in [3.05, 3.63) is 160 Å². The third kappa shape index (κ3) is 9.34. The Bertz CT molecular complexity index is 2300. The molecule has 0 saturated heterocycles. The topological polar surface area (TPSA) is 119 Å². The average molecular weight is 779 g/mol. The van der Waals surface area contributed by atoms with E-state index in [0.717, 1.165) is 11.1 Å². The summed E-state index contributed by atoms with van der Waals surface area (Å²) in [5.74, 6) is -1.10. The zero-order chi connectivity index (χ0) is 38.0. The predicted octanol–water partition coefficient (Wildman–Crippen LogP) is 9.50. The number of nitrogens with zero attached hydrogens (tertiary/aromatic N) is 1. The monoisotopic (exact) mass is 778 g/mol. The molecule has 3 amide bonds. The summed E-state index contributed by atoms with van der Waals surface area (Å²) >= 11 is 8.83. The molecule has 9 nitrogen and oxygen atoms in total. The first-order valence-corrected chi connectivity index (χ1v) is 18.5. The number of rotatable bonds is 13. The highest BCUT2D eigenvalue weighted by Gasteiger charge is 2.24. The number of thioether (sulfide) groups is 1. The molecule has 13 heteroatoms. The van der Waals surface area contributed by atoms with E-state index in [0.29, 0.717) is 38.5 Å². The van der Waals surface area contributed by atoms with Crippen LogP contribution < -0.4 is 25.4 Å². The maximum absolute atomic E-state index is 14.8. The minimum absolute atomic E-state index is 0.0604. The molecule has 1 aromatic heterocycles. The van der Waals surface area contributed by atoms with Crippen LogP contribution in [0.1, 0.15) is 26.7 Å². The second kappa shape index (κ2) is 17.7. The molecule has 6 rings (SSSR count). The zero-order valence-electron chi connectivity index (χ0n) is 28.8. The van der Waals surface area contributed by atoms with Gasteiger partial charge in [-0.1, -0.05) is 72.3 Å². The standard InChI is InChI=1S/C41H32ClFN4O5S2/c1-51-35-20-19-27(21-36(35)52-2)34-24-53-41(46-34)47-40(50)37(25-11-5-3-6-12-25)54-29-16-9-15-28(22-29)44-39(49)33(23-30-31(42)17-10-18-32(30)43)45-38(48)26-13-7-4-8-14-26/h3-24,37H,1-2H3,(H,44,49)(H,45,48)(H,46,47,50)/b33-23+. The van der Waals surface area contributed by atoms with Crippen molar-refractivity contribution in [2.24, 2.45) is 0 Å². The highest BCUT2D eigenvalue weighted by molar-refractivity contribution is 8.00. The van der Waals surface area contributed by atoms with Crippen LogP contribution in [0.2, 0.25) is 5.02 Å². The third-order valence-corrected chi connectivity index (χ3v) is 10.3. The molecule has 0 bridgehead atoms. The van der Waals surface area contributed by atoms with Gasteiger partial charge in [-0.3, -0.25) is 14.4 Å². The van der Waals surface area contributed by atoms with Crippen LogP contribution in [0.15, 0.2) is 137 Å². The van der Waals surface area contributed by atoms with Gasteiger partial charge in [0.2, 0.25) is 5.91 Å². The Morgan fingerprint density at radius 3 is 2.28 bits per heavy atom. The normalized spacial score (nSPS) is 11.7. The molecule has 6 aromatic rings. The van der Waals surface area contributed by atoms with Crippen LogP contribution >= 0.6 is 34.7 Å². The first-order chi connectivity index (χ1) is 26.2. The van der Waals surface area contributed by atoms with Crippen molar-refractivity contribution in [1.29, 1.82) is 0 Å². The number of benzene rings is 5. The molecular weight excluding hydrogens is 747 g/mol. The number of nitrogens with one attached hydrogen (secondary N) is 3. The van der Waals surface area contributed by atoms with E-state index in [-0.39, 0.29) is 22.2 Å². The average Bonchev–Trinajstić information content (AvgIpc) is 3.66. The summed E-state index contributed by atoms with van der Waals surface area (Å²) in [6.07, 6.45) is 1.19. The van der Waals surface area contributed by atoms with Gasteiger partial charge in [-0.15, -0.1) is 23.1 Å². The highest BCUT2D eigenvalue weighted by Crippen LogP contribution is 2.38. The Morgan fingerprint density at radius 1 is 0.833 bits per heavy atom. The predicted molar refractivity (Wildman–Crippen MR) is 213 cm³/mol. The molecule has 3 N–H and O–H groups in total. The smallest absolute Gasteiger partial charge is 0.272 e. The van der Waals surface area contributed by atoms with Crippen LogP contribution in [0.25, 0.3) is 17.3 Å². The van der Waals surface area contributed by atoms with Gasteiger partial charge in [0.15, 0.2) is 16.6 Å². The van der Waals surface area contributed by atoms with Gasteiger partial charge in [0, 0.05) is 32.7 Å². The number of thiazole rings is 1. The maximum Gasteiger partial charge on any atom is 0.272 e. The first kappa shape index (κ1) is 37.8. The molecule has 1 heterocycles. The number of hydrogen-bond donors (Lipinski definition) is 3. The largest absolute Gasteiger partial charge is 0.493 e. The van der Waals surface area contributed by atoms with E-state index < -0.39 is 22.9 Å². The summed E-state index contributed by atoms with van der Waals surface area (Å²) in [5.41, 5.74) is 2.59. The number of ether oxygens (including phenoxy) is 2. The van der Waals surface area contributed by atoms with Crippen LogP contribution in [0.3, 0.4) is 0 Å². The third-order valence-electron chi connectivity index (χ3n) is 7.92. The van der Waals surface area contributed by atoms with Crippen LogP contribution in [0.5, 0.6) is 11.5 Å². The molecule has 54 heavy (non-hydrogen) atoms. The lowest BCUT2D eigenvalue weighted by Crippen LogP contribution is -2.30. The quantitative estimate of drug-likeness (QED) is 0.0790. The van der Waals surface area contributed by atoms with E-state index in [1.54, 1.807) is 68.8 Å².